The van der Waals surface area contributed by atoms with Gasteiger partial charge in [-0.05, 0) is 26.0 Å². The summed E-state index contributed by atoms with van der Waals surface area (Å²) in [6.45, 7) is 7.80. The molecule has 1 N–H and O–H groups in total. The normalized spacial score (nSPS) is 9.11. The van der Waals surface area contributed by atoms with Crippen molar-refractivity contribution in [3.63, 3.8) is 0 Å². The smallest absolute Gasteiger partial charge is 0.171 e. The number of aromatic nitrogens is 5. The van der Waals surface area contributed by atoms with Gasteiger partial charge in [0.25, 0.3) is 0 Å². The first kappa shape index (κ1) is 14.2. The zero-order valence-electron chi connectivity index (χ0n) is 11.0. The molecular formula is C12H17N5S. The summed E-state index contributed by atoms with van der Waals surface area (Å²) in [6, 6.07) is 8.19. The number of fused-ring (bicyclic) bond motifs is 1. The standard InChI is InChI=1S/C8H7NS.C2H4N4.C2H6/c1-6-9-7-4-2-3-5-8(7)10-6;1-2-3-5-6-4-2;1-2/h2-5H,1H3;1H3,(H,3,4,5,6);1-2H3. The van der Waals surface area contributed by atoms with Crippen LogP contribution < -0.4 is 0 Å². The van der Waals surface area contributed by atoms with Gasteiger partial charge in [-0.2, -0.15) is 5.21 Å². The number of nitrogens with zero attached hydrogens (tertiary/aromatic N) is 4. The minimum Gasteiger partial charge on any atom is -0.242 e. The molecule has 0 radical (unpaired) electrons. The summed E-state index contributed by atoms with van der Waals surface area (Å²) in [7, 11) is 0. The van der Waals surface area contributed by atoms with Crippen LogP contribution in [0.4, 0.5) is 0 Å². The maximum absolute atomic E-state index is 4.33. The number of hydrogen-bond donors (Lipinski definition) is 1. The summed E-state index contributed by atoms with van der Waals surface area (Å²) >= 11 is 1.74. The predicted octanol–water partition coefficient (Wildman–Crippen LogP) is 3.14. The van der Waals surface area contributed by atoms with Gasteiger partial charge in [0.1, 0.15) is 0 Å². The fourth-order valence-electron chi connectivity index (χ4n) is 1.20. The van der Waals surface area contributed by atoms with Crippen molar-refractivity contribution in [3.05, 3.63) is 35.1 Å². The average Bonchev–Trinajstić information content (AvgIpc) is 3.00. The van der Waals surface area contributed by atoms with Gasteiger partial charge in [0.2, 0.25) is 0 Å². The number of hydrogen-bond acceptors (Lipinski definition) is 5. The highest BCUT2D eigenvalue weighted by atomic mass is 32.1. The Morgan fingerprint density at radius 2 is 1.83 bits per heavy atom. The highest BCUT2D eigenvalue weighted by molar-refractivity contribution is 7.18. The first-order chi connectivity index (χ1) is 8.75. The fraction of sp³-hybridized carbons (Fsp3) is 0.333. The maximum atomic E-state index is 4.33. The van der Waals surface area contributed by atoms with E-state index in [-0.39, 0.29) is 0 Å². The van der Waals surface area contributed by atoms with Crippen LogP contribution in [0, 0.1) is 13.8 Å². The van der Waals surface area contributed by atoms with Crippen molar-refractivity contribution >= 4 is 21.6 Å². The molecule has 2 heterocycles. The number of para-hydroxylation sites is 1. The van der Waals surface area contributed by atoms with Crippen molar-refractivity contribution < 1.29 is 0 Å². The van der Waals surface area contributed by atoms with Crippen LogP contribution in [0.1, 0.15) is 24.7 Å². The summed E-state index contributed by atoms with van der Waals surface area (Å²) in [5.74, 6) is 0.676. The van der Waals surface area contributed by atoms with Crippen molar-refractivity contribution in [1.82, 2.24) is 25.6 Å². The van der Waals surface area contributed by atoms with E-state index in [4.69, 9.17) is 0 Å². The van der Waals surface area contributed by atoms with Gasteiger partial charge in [-0.15, -0.1) is 21.5 Å². The highest BCUT2D eigenvalue weighted by Crippen LogP contribution is 2.19. The lowest BCUT2D eigenvalue weighted by atomic mass is 10.3. The van der Waals surface area contributed by atoms with Gasteiger partial charge in [-0.25, -0.2) is 4.98 Å². The third-order valence-corrected chi connectivity index (χ3v) is 2.80. The molecule has 96 valence electrons. The third kappa shape index (κ3) is 4.21. The number of aryl methyl sites for hydroxylation is 2. The fourth-order valence-corrected chi connectivity index (χ4v) is 2.03. The number of rotatable bonds is 0. The van der Waals surface area contributed by atoms with Gasteiger partial charge in [-0.3, -0.25) is 0 Å². The number of benzene rings is 1. The van der Waals surface area contributed by atoms with E-state index in [0.717, 1.165) is 10.5 Å². The number of H-pyrrole nitrogens is 1. The molecule has 2 aromatic heterocycles. The molecule has 3 rings (SSSR count). The van der Waals surface area contributed by atoms with Crippen LogP contribution in [0.15, 0.2) is 24.3 Å². The average molecular weight is 263 g/mol. The van der Waals surface area contributed by atoms with Gasteiger partial charge in [-0.1, -0.05) is 31.2 Å². The minimum atomic E-state index is 0.676. The molecule has 6 heteroatoms. The number of aromatic amines is 1. The second-order valence-electron chi connectivity index (χ2n) is 3.16. The molecule has 0 bridgehead atoms. The molecule has 0 spiro atoms. The second-order valence-corrected chi connectivity index (χ2v) is 4.39. The maximum Gasteiger partial charge on any atom is 0.171 e. The molecule has 0 amide bonds. The summed E-state index contributed by atoms with van der Waals surface area (Å²) < 4.78 is 1.28. The summed E-state index contributed by atoms with van der Waals surface area (Å²) in [6.07, 6.45) is 0. The molecule has 0 fully saturated rings. The number of nitrogens with one attached hydrogen (secondary N) is 1. The van der Waals surface area contributed by atoms with Crippen LogP contribution in [-0.4, -0.2) is 25.6 Å². The van der Waals surface area contributed by atoms with Gasteiger partial charge in [0.15, 0.2) is 5.82 Å². The van der Waals surface area contributed by atoms with Crippen molar-refractivity contribution in [2.45, 2.75) is 27.7 Å². The van der Waals surface area contributed by atoms with Crippen molar-refractivity contribution in [1.29, 1.82) is 0 Å². The Morgan fingerprint density at radius 3 is 2.33 bits per heavy atom. The lowest BCUT2D eigenvalue weighted by Crippen LogP contribution is -1.69. The minimum absolute atomic E-state index is 0.676. The molecule has 0 aliphatic carbocycles. The lowest BCUT2D eigenvalue weighted by Gasteiger charge is -1.80. The Balaban J connectivity index is 0.000000174. The molecular weight excluding hydrogens is 246 g/mol. The van der Waals surface area contributed by atoms with E-state index in [2.05, 4.69) is 31.7 Å². The third-order valence-electron chi connectivity index (χ3n) is 1.85. The first-order valence-electron chi connectivity index (χ1n) is 5.78. The summed E-state index contributed by atoms with van der Waals surface area (Å²) in [5, 5.41) is 13.9. The van der Waals surface area contributed by atoms with Crippen LogP contribution in [0.5, 0.6) is 0 Å². The van der Waals surface area contributed by atoms with Gasteiger partial charge < -0.3 is 0 Å². The van der Waals surface area contributed by atoms with E-state index in [9.17, 15) is 0 Å². The molecule has 0 aliphatic rings. The van der Waals surface area contributed by atoms with Gasteiger partial charge in [0, 0.05) is 0 Å². The van der Waals surface area contributed by atoms with Gasteiger partial charge >= 0.3 is 0 Å². The predicted molar refractivity (Wildman–Crippen MR) is 74.6 cm³/mol. The van der Waals surface area contributed by atoms with Crippen molar-refractivity contribution in [2.24, 2.45) is 0 Å². The molecule has 5 nitrogen and oxygen atoms in total. The van der Waals surface area contributed by atoms with E-state index >= 15 is 0 Å². The summed E-state index contributed by atoms with van der Waals surface area (Å²) in [5.41, 5.74) is 1.12. The van der Waals surface area contributed by atoms with E-state index < -0.39 is 0 Å². The monoisotopic (exact) mass is 263 g/mol. The Kier molecular flexibility index (Phi) is 5.93. The number of thiazole rings is 1. The molecule has 0 atom stereocenters. The molecule has 1 aromatic carbocycles. The van der Waals surface area contributed by atoms with Crippen LogP contribution in [0.25, 0.3) is 10.2 Å². The van der Waals surface area contributed by atoms with Crippen LogP contribution >= 0.6 is 11.3 Å². The largest absolute Gasteiger partial charge is 0.242 e. The molecule has 18 heavy (non-hydrogen) atoms. The topological polar surface area (TPSA) is 67.3 Å². The molecule has 0 aliphatic heterocycles. The molecule has 0 saturated heterocycles. The lowest BCUT2D eigenvalue weighted by molar-refractivity contribution is 0.881. The van der Waals surface area contributed by atoms with E-state index in [1.54, 1.807) is 18.3 Å². The first-order valence-corrected chi connectivity index (χ1v) is 6.59. The SMILES string of the molecule is CC.Cc1nc2ccccc2s1.Cc1nn[nH]n1. The van der Waals surface area contributed by atoms with Crippen LogP contribution in [0.3, 0.4) is 0 Å². The zero-order chi connectivity index (χ0) is 13.4. The Morgan fingerprint density at radius 1 is 1.11 bits per heavy atom. The Hall–Kier alpha value is -1.82. The molecule has 3 aromatic rings. The Bertz CT molecular complexity index is 526. The molecule has 0 unspecified atom stereocenters. The quantitative estimate of drug-likeness (QED) is 0.676. The second kappa shape index (κ2) is 7.50. The highest BCUT2D eigenvalue weighted by Gasteiger charge is 1.95. The van der Waals surface area contributed by atoms with E-state index in [1.165, 1.54) is 4.70 Å². The van der Waals surface area contributed by atoms with Crippen molar-refractivity contribution in [3.8, 4) is 0 Å². The molecule has 0 saturated carbocycles. The van der Waals surface area contributed by atoms with E-state index in [1.807, 2.05) is 39.0 Å². The summed E-state index contributed by atoms with van der Waals surface area (Å²) in [4.78, 5) is 4.33. The zero-order valence-corrected chi connectivity index (χ0v) is 11.8. The van der Waals surface area contributed by atoms with Gasteiger partial charge in [0.05, 0.1) is 15.2 Å². The number of tetrazole rings is 1. The van der Waals surface area contributed by atoms with Crippen LogP contribution in [0.2, 0.25) is 0 Å². The van der Waals surface area contributed by atoms with E-state index in [0.29, 0.717) is 5.82 Å². The Labute approximate surface area is 110 Å². The van der Waals surface area contributed by atoms with Crippen molar-refractivity contribution in [2.75, 3.05) is 0 Å². The van der Waals surface area contributed by atoms with Crippen LogP contribution in [-0.2, 0) is 0 Å².